The van der Waals surface area contributed by atoms with Crippen LogP contribution in [-0.2, 0) is 0 Å². The SMILES string of the molecule is CCCCC([SiH3])=C(CCCC)CCCC. The van der Waals surface area contributed by atoms with Crippen molar-refractivity contribution in [3.05, 3.63) is 10.8 Å². The van der Waals surface area contributed by atoms with E-state index in [4.69, 9.17) is 0 Å². The second-order valence-corrected chi connectivity index (χ2v) is 5.90. The third kappa shape index (κ3) is 7.84. The number of hydrogen-bond acceptors (Lipinski definition) is 0. The lowest BCUT2D eigenvalue weighted by Gasteiger charge is -2.12. The van der Waals surface area contributed by atoms with Gasteiger partial charge in [0, 0.05) is 10.2 Å². The molecule has 0 heterocycles. The van der Waals surface area contributed by atoms with Gasteiger partial charge in [0.15, 0.2) is 0 Å². The molecule has 0 fully saturated rings. The highest BCUT2D eigenvalue weighted by molar-refractivity contribution is 6.22. The van der Waals surface area contributed by atoms with E-state index in [0.717, 1.165) is 0 Å². The number of rotatable bonds is 9. The second kappa shape index (κ2) is 10.5. The van der Waals surface area contributed by atoms with E-state index in [0.29, 0.717) is 0 Å². The van der Waals surface area contributed by atoms with Crippen LogP contribution in [0.5, 0.6) is 0 Å². The van der Waals surface area contributed by atoms with Crippen molar-refractivity contribution in [2.45, 2.75) is 78.6 Å². The van der Waals surface area contributed by atoms with Crippen LogP contribution in [0.2, 0.25) is 0 Å². The average Bonchev–Trinajstić information content (AvgIpc) is 2.26. The van der Waals surface area contributed by atoms with Crippen LogP contribution in [0, 0.1) is 0 Å². The van der Waals surface area contributed by atoms with Crippen LogP contribution in [0.15, 0.2) is 10.8 Å². The Morgan fingerprint density at radius 1 is 0.733 bits per heavy atom. The highest BCUT2D eigenvalue weighted by atomic mass is 28.1. The van der Waals surface area contributed by atoms with Gasteiger partial charge in [-0.25, -0.2) is 0 Å². The Kier molecular flexibility index (Phi) is 10.4. The lowest BCUT2D eigenvalue weighted by molar-refractivity contribution is 0.698. The molecule has 0 saturated heterocycles. The minimum Gasteiger partial charge on any atom is -0.0925 e. The Balaban J connectivity index is 4.14. The summed E-state index contributed by atoms with van der Waals surface area (Å²) in [4.78, 5) is 0. The van der Waals surface area contributed by atoms with Crippen LogP contribution in [0.3, 0.4) is 0 Å². The summed E-state index contributed by atoms with van der Waals surface area (Å²) < 4.78 is 0. The van der Waals surface area contributed by atoms with Crippen molar-refractivity contribution in [1.82, 2.24) is 0 Å². The lowest BCUT2D eigenvalue weighted by Crippen LogP contribution is -1.94. The van der Waals surface area contributed by atoms with Gasteiger partial charge in [-0.2, -0.15) is 0 Å². The van der Waals surface area contributed by atoms with Crippen LogP contribution in [-0.4, -0.2) is 10.2 Å². The van der Waals surface area contributed by atoms with Gasteiger partial charge in [0.05, 0.1) is 0 Å². The fourth-order valence-corrected chi connectivity index (χ4v) is 2.80. The summed E-state index contributed by atoms with van der Waals surface area (Å²) in [5.41, 5.74) is 1.83. The fraction of sp³-hybridized carbons (Fsp3) is 0.857. The number of allylic oxidation sites excluding steroid dienone is 2. The molecular weight excluding hydrogens is 196 g/mol. The maximum absolute atomic E-state index is 2.30. The molecule has 0 bridgehead atoms. The highest BCUT2D eigenvalue weighted by Crippen LogP contribution is 2.20. The Hall–Kier alpha value is -0.0431. The van der Waals surface area contributed by atoms with Crippen molar-refractivity contribution in [2.75, 3.05) is 0 Å². The van der Waals surface area contributed by atoms with Gasteiger partial charge in [0.2, 0.25) is 0 Å². The van der Waals surface area contributed by atoms with E-state index in [9.17, 15) is 0 Å². The van der Waals surface area contributed by atoms with E-state index >= 15 is 0 Å². The monoisotopic (exact) mass is 226 g/mol. The van der Waals surface area contributed by atoms with Gasteiger partial charge in [0.25, 0.3) is 0 Å². The molecule has 90 valence electrons. The van der Waals surface area contributed by atoms with Gasteiger partial charge in [-0.3, -0.25) is 0 Å². The predicted octanol–water partition coefficient (Wildman–Crippen LogP) is 4.18. The Bertz CT molecular complexity index is 160. The third-order valence-corrected chi connectivity index (χ3v) is 4.38. The summed E-state index contributed by atoms with van der Waals surface area (Å²) in [5, 5.41) is 1.83. The molecule has 0 saturated carbocycles. The molecule has 0 aliphatic rings. The maximum Gasteiger partial charge on any atom is 0.0332 e. The van der Waals surface area contributed by atoms with Crippen LogP contribution in [0.25, 0.3) is 0 Å². The molecular formula is C14H30Si. The van der Waals surface area contributed by atoms with Gasteiger partial charge in [-0.05, 0) is 32.1 Å². The Morgan fingerprint density at radius 2 is 1.13 bits per heavy atom. The van der Waals surface area contributed by atoms with Crippen molar-refractivity contribution < 1.29 is 0 Å². The molecule has 0 N–H and O–H groups in total. The highest BCUT2D eigenvalue weighted by Gasteiger charge is 2.02. The molecule has 0 nitrogen and oxygen atoms in total. The first-order valence-electron chi connectivity index (χ1n) is 6.93. The van der Waals surface area contributed by atoms with Gasteiger partial charge in [-0.1, -0.05) is 57.2 Å². The molecule has 15 heavy (non-hydrogen) atoms. The van der Waals surface area contributed by atoms with Crippen LogP contribution < -0.4 is 0 Å². The molecule has 0 aromatic carbocycles. The van der Waals surface area contributed by atoms with Crippen LogP contribution >= 0.6 is 0 Å². The van der Waals surface area contributed by atoms with E-state index in [2.05, 4.69) is 20.8 Å². The van der Waals surface area contributed by atoms with E-state index in [1.54, 1.807) is 0 Å². The molecule has 0 aliphatic carbocycles. The van der Waals surface area contributed by atoms with E-state index in [1.807, 2.05) is 10.8 Å². The van der Waals surface area contributed by atoms with E-state index in [-0.39, 0.29) is 0 Å². The van der Waals surface area contributed by atoms with Gasteiger partial charge >= 0.3 is 0 Å². The fourth-order valence-electron chi connectivity index (χ4n) is 1.95. The first-order valence-corrected chi connectivity index (χ1v) is 7.93. The zero-order valence-corrected chi connectivity index (χ0v) is 13.4. The molecule has 0 amide bonds. The van der Waals surface area contributed by atoms with Crippen LogP contribution in [0.4, 0.5) is 0 Å². The van der Waals surface area contributed by atoms with Crippen molar-refractivity contribution in [3.63, 3.8) is 0 Å². The minimum absolute atomic E-state index is 1.30. The second-order valence-electron chi connectivity index (χ2n) is 4.69. The quantitative estimate of drug-likeness (QED) is 0.518. The minimum atomic E-state index is 1.30. The Labute approximate surface area is 100.0 Å². The zero-order chi connectivity index (χ0) is 11.5. The first kappa shape index (κ1) is 15.0. The Morgan fingerprint density at radius 3 is 1.53 bits per heavy atom. The summed E-state index contributed by atoms with van der Waals surface area (Å²) in [7, 11) is 1.30. The molecule has 0 spiro atoms. The smallest absolute Gasteiger partial charge is 0.0332 e. The van der Waals surface area contributed by atoms with Crippen LogP contribution in [0.1, 0.15) is 78.6 Å². The molecule has 0 rings (SSSR count). The van der Waals surface area contributed by atoms with Crippen molar-refractivity contribution in [3.8, 4) is 0 Å². The summed E-state index contributed by atoms with van der Waals surface area (Å²) >= 11 is 0. The summed E-state index contributed by atoms with van der Waals surface area (Å²) in [6, 6.07) is 0. The predicted molar refractivity (Wildman–Crippen MR) is 75.5 cm³/mol. The van der Waals surface area contributed by atoms with Crippen molar-refractivity contribution >= 4 is 10.2 Å². The summed E-state index contributed by atoms with van der Waals surface area (Å²) in [6.07, 6.45) is 12.4. The number of unbranched alkanes of at least 4 members (excludes halogenated alkanes) is 3. The lowest BCUT2D eigenvalue weighted by atomic mass is 10.0. The largest absolute Gasteiger partial charge is 0.0925 e. The normalized spacial score (nSPS) is 10.6. The third-order valence-electron chi connectivity index (χ3n) is 3.17. The number of hydrogen-bond donors (Lipinski definition) is 0. The zero-order valence-electron chi connectivity index (χ0n) is 11.4. The molecule has 0 atom stereocenters. The molecule has 0 radical (unpaired) electrons. The van der Waals surface area contributed by atoms with E-state index in [1.165, 1.54) is 68.0 Å². The first-order chi connectivity index (χ1) is 7.26. The summed E-state index contributed by atoms with van der Waals surface area (Å²) in [5.74, 6) is 0. The molecule has 0 aromatic rings. The molecule has 0 aliphatic heterocycles. The summed E-state index contributed by atoms with van der Waals surface area (Å²) in [6.45, 7) is 6.90. The van der Waals surface area contributed by atoms with Gasteiger partial charge in [0.1, 0.15) is 0 Å². The standard InChI is InChI=1S/C14H30Si/c1-4-7-10-13(11-8-5-2)14(15)12-9-6-3/h4-12H2,1-3,15H3. The molecule has 0 unspecified atom stereocenters. The van der Waals surface area contributed by atoms with Crippen molar-refractivity contribution in [2.24, 2.45) is 0 Å². The topological polar surface area (TPSA) is 0 Å². The molecule has 0 aromatic heterocycles. The maximum atomic E-state index is 2.30. The van der Waals surface area contributed by atoms with Gasteiger partial charge in [-0.15, -0.1) is 0 Å². The van der Waals surface area contributed by atoms with Gasteiger partial charge < -0.3 is 0 Å². The van der Waals surface area contributed by atoms with E-state index < -0.39 is 0 Å². The van der Waals surface area contributed by atoms with Crippen molar-refractivity contribution in [1.29, 1.82) is 0 Å². The average molecular weight is 226 g/mol. The molecule has 1 heteroatoms.